The lowest BCUT2D eigenvalue weighted by atomic mass is 9.91. The summed E-state index contributed by atoms with van der Waals surface area (Å²) in [5.41, 5.74) is 1.18. The molecule has 2 fully saturated rings. The molecule has 2 saturated heterocycles. The van der Waals surface area contributed by atoms with Gasteiger partial charge in [0.05, 0.1) is 6.61 Å². The number of hydrogen-bond donors (Lipinski definition) is 3. The van der Waals surface area contributed by atoms with Gasteiger partial charge in [0.25, 0.3) is 0 Å². The highest BCUT2D eigenvalue weighted by Gasteiger charge is 2.56. The molecule has 0 aromatic heterocycles. The third kappa shape index (κ3) is 76.7. The topological polar surface area (TPSA) is 220 Å². The van der Waals surface area contributed by atoms with Crippen LogP contribution in [0.3, 0.4) is 0 Å². The van der Waals surface area contributed by atoms with Gasteiger partial charge in [-0.3, -0.25) is 4.79 Å². The van der Waals surface area contributed by atoms with Gasteiger partial charge in [-0.1, -0.05) is 615 Å². The standard InChI is InChI=1S/C134H248O16/c1-18-23-28-33-38-43-48-53-58-61-65-70-75-78-83-88-93-108(6)98-112(10)102-116(14)129(139)143-107-121-123(137)126(148-131(141)118(16)104-114(12)100-110(8)95-90-85-80-74-69-64-57-52-47-42-37-32-27-22-5)128(146-122(136)97-92-87-82-77-72-67-60-55-50-45-40-35-30-25-20-3)134(145-121)150-133-127(149-132(142)119(17)105-115(13)101-111(9)96-91-86-81-76-71-66-62-59-54-49-44-39-34-29-24-19-2)124(138)125(120(106-135)144-133)147-130(140)117(15)103-113(11)99-109(7)94-89-84-79-73-68-63-56-51-46-41-36-31-26-21-4/h102-105,108-115,120-121,123-128,133-135,137-138H,18-101,106-107H2,1-17H3/b116-102+,117-103+,118-104+,119-105+/t108-,109-,110-,111-,112-,113-,114-,115-,120?,121?,123+,124?,125+,126?,127-,128+,133+,134+/m0/s1. The molecule has 0 aromatic carbocycles. The molecular weight excluding hydrogens is 1870 g/mol. The fraction of sp³-hybridized carbons (Fsp3) is 0.903. The minimum atomic E-state index is -1.92. The molecule has 0 saturated carbocycles. The number of hydrogen-bond acceptors (Lipinski definition) is 16. The Bertz CT molecular complexity index is 3270. The van der Waals surface area contributed by atoms with Crippen LogP contribution >= 0.6 is 0 Å². The highest BCUT2D eigenvalue weighted by atomic mass is 16.8. The summed E-state index contributed by atoms with van der Waals surface area (Å²) in [4.78, 5) is 74.2. The molecule has 4 unspecified atom stereocenters. The molecular formula is C134H248O16. The van der Waals surface area contributed by atoms with Gasteiger partial charge in [0, 0.05) is 28.7 Å². The van der Waals surface area contributed by atoms with Crippen LogP contribution < -0.4 is 0 Å². The van der Waals surface area contributed by atoms with E-state index < -0.39 is 104 Å². The fourth-order valence-electron chi connectivity index (χ4n) is 23.4. The lowest BCUT2D eigenvalue weighted by Gasteiger charge is -2.47. The van der Waals surface area contributed by atoms with Crippen molar-refractivity contribution in [2.45, 2.75) is 718 Å². The average Bonchev–Trinajstić information content (AvgIpc) is 0.768. The van der Waals surface area contributed by atoms with E-state index in [9.17, 15) is 29.7 Å². The molecule has 3 N–H and O–H groups in total. The SMILES string of the molecule is CCCCCCCCCCCCCCCCCC[C@H](C)C[C@H](C)/C=C(\C)C(=O)OCC1O[C@H](O[C@H]2OC(CO)[C@@H](OC(=O)/C(C)=C/[C@@H](C)C[C@@H](C)CCCCCCCCCCCCCCCC)C(O)[C@@H]2OC(=O)/C(C)=C/[C@@H](C)C[C@@H](C)CCCCCCCCCCCCCCCCCC)[C@H](OC(=O)CCCCCCCCCCCCCCCCC)C(OC(=O)/C(C)=C/[C@@H](C)C[C@@H](C)CCCCCCCCCCCCCCCC)[C@@H]1O. The molecule has 0 bridgehead atoms. The first kappa shape index (κ1) is 142. The number of ether oxygens (including phenoxy) is 8. The van der Waals surface area contributed by atoms with Crippen LogP contribution in [-0.4, -0.2) is 120 Å². The van der Waals surface area contributed by atoms with Crippen molar-refractivity contribution < 1.29 is 77.2 Å². The minimum Gasteiger partial charge on any atom is -0.459 e. The Morgan fingerprint density at radius 3 is 0.700 bits per heavy atom. The molecule has 0 amide bonds. The van der Waals surface area contributed by atoms with Crippen molar-refractivity contribution in [3.05, 3.63) is 46.6 Å². The smallest absolute Gasteiger partial charge is 0.333 e. The number of carbonyl (C=O) groups is 5. The van der Waals surface area contributed by atoms with Gasteiger partial charge >= 0.3 is 29.8 Å². The summed E-state index contributed by atoms with van der Waals surface area (Å²) < 4.78 is 52.3. The molecule has 150 heavy (non-hydrogen) atoms. The average molecular weight is 2120 g/mol. The molecule has 880 valence electrons. The predicted molar refractivity (Wildman–Crippen MR) is 633 cm³/mol. The second-order valence-electron chi connectivity index (χ2n) is 48.9. The van der Waals surface area contributed by atoms with E-state index in [0.717, 1.165) is 103 Å². The zero-order valence-corrected chi connectivity index (χ0v) is 102. The summed E-state index contributed by atoms with van der Waals surface area (Å²) in [6, 6.07) is 0. The van der Waals surface area contributed by atoms with Crippen molar-refractivity contribution in [1.82, 2.24) is 0 Å². The van der Waals surface area contributed by atoms with Crippen LogP contribution in [0.25, 0.3) is 0 Å². The van der Waals surface area contributed by atoms with E-state index in [1.165, 1.54) is 424 Å². The summed E-state index contributed by atoms with van der Waals surface area (Å²) in [5, 5.41) is 37.6. The third-order valence-corrected chi connectivity index (χ3v) is 32.8. The van der Waals surface area contributed by atoms with Gasteiger partial charge in [0.15, 0.2) is 24.4 Å². The van der Waals surface area contributed by atoms with Crippen LogP contribution in [0.5, 0.6) is 0 Å². The summed E-state index contributed by atoms with van der Waals surface area (Å²) >= 11 is 0. The van der Waals surface area contributed by atoms with Crippen LogP contribution in [-0.2, 0) is 61.9 Å². The second-order valence-corrected chi connectivity index (χ2v) is 48.9. The van der Waals surface area contributed by atoms with E-state index in [-0.39, 0.29) is 41.2 Å². The molecule has 0 radical (unpaired) electrons. The zero-order valence-electron chi connectivity index (χ0n) is 102. The first-order valence-electron chi connectivity index (χ1n) is 65.4. The maximum absolute atomic E-state index is 15.1. The van der Waals surface area contributed by atoms with Crippen LogP contribution in [0.1, 0.15) is 657 Å². The van der Waals surface area contributed by atoms with E-state index >= 15 is 9.59 Å². The summed E-state index contributed by atoms with van der Waals surface area (Å²) in [5.74, 6) is -2.16. The first-order chi connectivity index (χ1) is 72.7. The van der Waals surface area contributed by atoms with Crippen molar-refractivity contribution in [3.63, 3.8) is 0 Å². The number of unbranched alkanes of at least 4 members (excludes halogenated alkanes) is 70. The largest absolute Gasteiger partial charge is 0.459 e. The van der Waals surface area contributed by atoms with Crippen LogP contribution in [0.2, 0.25) is 0 Å². The molecule has 0 aliphatic carbocycles. The van der Waals surface area contributed by atoms with Gasteiger partial charge in [0.1, 0.15) is 31.0 Å². The molecule has 2 heterocycles. The number of allylic oxidation sites excluding steroid dienone is 4. The van der Waals surface area contributed by atoms with E-state index in [2.05, 4.69) is 90.0 Å². The lowest BCUT2D eigenvalue weighted by molar-refractivity contribution is -0.377. The quantitative estimate of drug-likeness (QED) is 0.0223. The van der Waals surface area contributed by atoms with Crippen molar-refractivity contribution in [2.24, 2.45) is 47.3 Å². The maximum atomic E-state index is 15.1. The predicted octanol–water partition coefficient (Wildman–Crippen LogP) is 39.1. The molecule has 16 heteroatoms. The van der Waals surface area contributed by atoms with Crippen LogP contribution in [0.15, 0.2) is 46.6 Å². The normalized spacial score (nSPS) is 20.1. The van der Waals surface area contributed by atoms with Crippen molar-refractivity contribution >= 4 is 29.8 Å². The highest BCUT2D eigenvalue weighted by molar-refractivity contribution is 5.89. The molecule has 0 aromatic rings. The van der Waals surface area contributed by atoms with Crippen LogP contribution in [0.4, 0.5) is 0 Å². The van der Waals surface area contributed by atoms with Gasteiger partial charge in [0.2, 0.25) is 12.6 Å². The Hall–Kier alpha value is -3.93. The van der Waals surface area contributed by atoms with Gasteiger partial charge in [-0.2, -0.15) is 0 Å². The first-order valence-corrected chi connectivity index (χ1v) is 65.4. The number of rotatable bonds is 105. The fourth-order valence-corrected chi connectivity index (χ4v) is 23.4. The molecule has 16 nitrogen and oxygen atoms in total. The molecule has 2 aliphatic rings. The number of aliphatic hydroxyl groups excluding tert-OH is 3. The maximum Gasteiger partial charge on any atom is 0.333 e. The van der Waals surface area contributed by atoms with Gasteiger partial charge in [-0.25, -0.2) is 19.2 Å². The van der Waals surface area contributed by atoms with Crippen molar-refractivity contribution in [1.29, 1.82) is 0 Å². The zero-order chi connectivity index (χ0) is 110. The molecule has 2 aliphatic heterocycles. The van der Waals surface area contributed by atoms with E-state index in [1.807, 2.05) is 24.3 Å². The Kier molecular flexibility index (Phi) is 93.1. The Morgan fingerprint density at radius 2 is 0.453 bits per heavy atom. The Labute approximate surface area is 927 Å². The summed E-state index contributed by atoms with van der Waals surface area (Å²) in [6.45, 7) is 34.2. The van der Waals surface area contributed by atoms with Gasteiger partial charge in [-0.15, -0.1) is 0 Å². The number of aliphatic hydroxyl groups is 3. The van der Waals surface area contributed by atoms with E-state index in [1.54, 1.807) is 27.7 Å². The highest BCUT2D eigenvalue weighted by Crippen LogP contribution is 2.38. The number of carbonyl (C=O) groups excluding carboxylic acids is 5. The lowest BCUT2D eigenvalue weighted by Crippen LogP contribution is -2.66. The third-order valence-electron chi connectivity index (χ3n) is 32.8. The van der Waals surface area contributed by atoms with Crippen LogP contribution in [0, 0.1) is 47.3 Å². The van der Waals surface area contributed by atoms with E-state index in [4.69, 9.17) is 37.9 Å². The van der Waals surface area contributed by atoms with Gasteiger partial charge < -0.3 is 53.2 Å². The monoisotopic (exact) mass is 2110 g/mol. The molecule has 2 rings (SSSR count). The minimum absolute atomic E-state index is 0.00157. The second kappa shape index (κ2) is 98.2. The summed E-state index contributed by atoms with van der Waals surface area (Å²) in [7, 11) is 0. The Balaban J connectivity index is 2.70. The van der Waals surface area contributed by atoms with Gasteiger partial charge in [-0.05, 0) is 107 Å². The Morgan fingerprint density at radius 1 is 0.247 bits per heavy atom. The molecule has 18 atom stereocenters. The number of esters is 5. The van der Waals surface area contributed by atoms with Crippen molar-refractivity contribution in [3.8, 4) is 0 Å². The van der Waals surface area contributed by atoms with E-state index in [0.29, 0.717) is 41.2 Å². The molecule has 0 spiro atoms. The van der Waals surface area contributed by atoms with Crippen molar-refractivity contribution in [2.75, 3.05) is 13.2 Å². The summed E-state index contributed by atoms with van der Waals surface area (Å²) in [6.07, 6.45) is 93.7.